The molecule has 0 saturated heterocycles. The second-order valence-corrected chi connectivity index (χ2v) is 5.91. The lowest BCUT2D eigenvalue weighted by Gasteiger charge is -1.99. The van der Waals surface area contributed by atoms with Crippen molar-refractivity contribution in [3.05, 3.63) is 27.7 Å². The first-order valence-electron chi connectivity index (χ1n) is 5.18. The summed E-state index contributed by atoms with van der Waals surface area (Å²) in [5.41, 5.74) is 0.711. The largest absolute Gasteiger partial charge is 0.481 e. The number of thioether (sulfide) groups is 1. The van der Waals surface area contributed by atoms with E-state index in [4.69, 9.17) is 16.7 Å². The molecule has 0 saturated carbocycles. The molecule has 0 bridgehead atoms. The maximum absolute atomic E-state index is 10.5. The Morgan fingerprint density at radius 3 is 2.95 bits per heavy atom. The molecule has 0 aliphatic rings. The topological polar surface area (TPSA) is 68.0 Å². The van der Waals surface area contributed by atoms with Crippen LogP contribution in [0.1, 0.15) is 0 Å². The number of carboxylic acid groups (broad SMARTS) is 1. The zero-order chi connectivity index (χ0) is 14.0. The summed E-state index contributed by atoms with van der Waals surface area (Å²) in [6.07, 6.45) is 0. The molecule has 1 heterocycles. The second kappa shape index (κ2) is 5.94. The van der Waals surface area contributed by atoms with E-state index < -0.39 is 5.97 Å². The van der Waals surface area contributed by atoms with Gasteiger partial charge in [0.05, 0.1) is 10.8 Å². The summed E-state index contributed by atoms with van der Waals surface area (Å²) in [6, 6.07) is 5.42. The molecule has 0 fully saturated rings. The van der Waals surface area contributed by atoms with Gasteiger partial charge in [0.15, 0.2) is 11.0 Å². The van der Waals surface area contributed by atoms with Gasteiger partial charge in [0.1, 0.15) is 0 Å². The number of rotatable bonds is 4. The highest BCUT2D eigenvalue weighted by Gasteiger charge is 2.13. The van der Waals surface area contributed by atoms with Gasteiger partial charge in [0.25, 0.3) is 0 Å². The Bertz CT molecular complexity index is 632. The lowest BCUT2D eigenvalue weighted by atomic mass is 10.2. The Hall–Kier alpha value is -1.05. The van der Waals surface area contributed by atoms with Gasteiger partial charge in [-0.25, -0.2) is 9.67 Å². The zero-order valence-electron chi connectivity index (χ0n) is 9.80. The number of aromatic nitrogens is 3. The minimum absolute atomic E-state index is 0.0555. The Balaban J connectivity index is 2.31. The average molecular weight is 363 g/mol. The van der Waals surface area contributed by atoms with Crippen LogP contribution in [0.15, 0.2) is 27.8 Å². The Morgan fingerprint density at radius 2 is 2.32 bits per heavy atom. The number of aryl methyl sites for hydroxylation is 1. The lowest BCUT2D eigenvalue weighted by Crippen LogP contribution is -2.00. The Morgan fingerprint density at radius 1 is 1.58 bits per heavy atom. The second-order valence-electron chi connectivity index (χ2n) is 3.65. The fourth-order valence-electron chi connectivity index (χ4n) is 1.41. The van der Waals surface area contributed by atoms with Crippen molar-refractivity contribution in [2.45, 2.75) is 5.16 Å². The summed E-state index contributed by atoms with van der Waals surface area (Å²) in [7, 11) is 1.72. The third-order valence-electron chi connectivity index (χ3n) is 2.22. The van der Waals surface area contributed by atoms with Crippen molar-refractivity contribution in [1.29, 1.82) is 0 Å². The van der Waals surface area contributed by atoms with Gasteiger partial charge in [-0.05, 0) is 18.2 Å². The summed E-state index contributed by atoms with van der Waals surface area (Å²) in [4.78, 5) is 14.8. The predicted octanol–water partition coefficient (Wildman–Crippen LogP) is 3.07. The van der Waals surface area contributed by atoms with Crippen LogP contribution in [0.3, 0.4) is 0 Å². The number of hydrogen-bond acceptors (Lipinski definition) is 4. The van der Waals surface area contributed by atoms with Crippen LogP contribution in [0.2, 0.25) is 5.02 Å². The van der Waals surface area contributed by atoms with Crippen molar-refractivity contribution in [3.8, 4) is 11.4 Å². The number of aliphatic carboxylic acids is 1. The van der Waals surface area contributed by atoms with Crippen LogP contribution in [0.25, 0.3) is 11.4 Å². The fraction of sp³-hybridized carbons (Fsp3) is 0.182. The molecule has 0 unspecified atom stereocenters. The van der Waals surface area contributed by atoms with Crippen molar-refractivity contribution in [1.82, 2.24) is 14.8 Å². The first-order valence-corrected chi connectivity index (χ1v) is 7.34. The van der Waals surface area contributed by atoms with Gasteiger partial charge in [0.2, 0.25) is 0 Å². The van der Waals surface area contributed by atoms with Crippen LogP contribution < -0.4 is 0 Å². The molecule has 1 aromatic heterocycles. The molecule has 1 N–H and O–H groups in total. The molecule has 0 spiro atoms. The number of benzene rings is 1. The van der Waals surface area contributed by atoms with Crippen molar-refractivity contribution in [3.63, 3.8) is 0 Å². The van der Waals surface area contributed by atoms with Crippen LogP contribution in [0.5, 0.6) is 0 Å². The van der Waals surface area contributed by atoms with Crippen LogP contribution in [-0.4, -0.2) is 31.6 Å². The number of hydrogen-bond donors (Lipinski definition) is 1. The molecule has 19 heavy (non-hydrogen) atoms. The van der Waals surface area contributed by atoms with E-state index in [9.17, 15) is 4.79 Å². The summed E-state index contributed by atoms with van der Waals surface area (Å²) >= 11 is 10.6. The highest BCUT2D eigenvalue weighted by molar-refractivity contribution is 9.10. The molecule has 8 heteroatoms. The van der Waals surface area contributed by atoms with Gasteiger partial charge < -0.3 is 5.11 Å². The van der Waals surface area contributed by atoms with Gasteiger partial charge in [-0.1, -0.05) is 39.3 Å². The van der Waals surface area contributed by atoms with E-state index in [1.54, 1.807) is 17.8 Å². The standard InChI is InChI=1S/C11H9BrClN3O2S/c1-16-11(19-5-9(17)18)14-10(15-16)7-3-2-6(12)4-8(7)13/h2-4H,5H2,1H3,(H,17,18). The molecule has 0 aliphatic heterocycles. The third-order valence-corrected chi connectivity index (χ3v) is 4.03. The molecule has 0 atom stereocenters. The molecule has 5 nitrogen and oxygen atoms in total. The van der Waals surface area contributed by atoms with Crippen molar-refractivity contribution in [2.24, 2.45) is 7.05 Å². The molecule has 0 amide bonds. The smallest absolute Gasteiger partial charge is 0.313 e. The highest BCUT2D eigenvalue weighted by Crippen LogP contribution is 2.29. The molecular weight excluding hydrogens is 354 g/mol. The minimum atomic E-state index is -0.892. The SMILES string of the molecule is Cn1nc(-c2ccc(Br)cc2Cl)nc1SCC(=O)O. The minimum Gasteiger partial charge on any atom is -0.481 e. The maximum Gasteiger partial charge on any atom is 0.313 e. The fourth-order valence-corrected chi connectivity index (χ4v) is 2.80. The third kappa shape index (κ3) is 3.49. The van der Waals surface area contributed by atoms with Crippen LogP contribution in [0.4, 0.5) is 0 Å². The van der Waals surface area contributed by atoms with Gasteiger partial charge in [-0.3, -0.25) is 4.79 Å². The van der Waals surface area contributed by atoms with Crippen molar-refractivity contribution in [2.75, 3.05) is 5.75 Å². The Kier molecular flexibility index (Phi) is 4.49. The number of nitrogens with zero attached hydrogens (tertiary/aromatic N) is 3. The van der Waals surface area contributed by atoms with Crippen LogP contribution in [0, 0.1) is 0 Å². The number of halogens is 2. The van der Waals surface area contributed by atoms with E-state index in [2.05, 4.69) is 26.0 Å². The number of carbonyl (C=O) groups is 1. The van der Waals surface area contributed by atoms with Crippen molar-refractivity contribution < 1.29 is 9.90 Å². The van der Waals surface area contributed by atoms with E-state index in [0.29, 0.717) is 21.6 Å². The lowest BCUT2D eigenvalue weighted by molar-refractivity contribution is -0.133. The molecule has 1 aromatic carbocycles. The molecule has 2 aromatic rings. The normalized spacial score (nSPS) is 10.7. The van der Waals surface area contributed by atoms with Gasteiger partial charge in [-0.15, -0.1) is 0 Å². The van der Waals surface area contributed by atoms with E-state index in [1.807, 2.05) is 12.1 Å². The zero-order valence-corrected chi connectivity index (χ0v) is 13.0. The molecule has 0 aliphatic carbocycles. The Labute approximate surface area is 127 Å². The molecule has 0 radical (unpaired) electrons. The highest BCUT2D eigenvalue weighted by atomic mass is 79.9. The molecule has 2 rings (SSSR count). The average Bonchev–Trinajstić information content (AvgIpc) is 2.67. The van der Waals surface area contributed by atoms with E-state index in [0.717, 1.165) is 16.2 Å². The molecular formula is C11H9BrClN3O2S. The van der Waals surface area contributed by atoms with E-state index in [1.165, 1.54) is 0 Å². The maximum atomic E-state index is 10.5. The van der Waals surface area contributed by atoms with E-state index in [-0.39, 0.29) is 5.75 Å². The molecule has 100 valence electrons. The van der Waals surface area contributed by atoms with Crippen LogP contribution in [-0.2, 0) is 11.8 Å². The first-order chi connectivity index (χ1) is 8.97. The quantitative estimate of drug-likeness (QED) is 0.847. The first kappa shape index (κ1) is 14.4. The summed E-state index contributed by atoms with van der Waals surface area (Å²) in [6.45, 7) is 0. The summed E-state index contributed by atoms with van der Waals surface area (Å²) < 4.78 is 2.42. The van der Waals surface area contributed by atoms with Gasteiger partial charge in [-0.2, -0.15) is 5.10 Å². The summed E-state index contributed by atoms with van der Waals surface area (Å²) in [5, 5.41) is 14.0. The van der Waals surface area contributed by atoms with Crippen molar-refractivity contribution >= 4 is 45.3 Å². The predicted molar refractivity (Wildman–Crippen MR) is 77.5 cm³/mol. The van der Waals surface area contributed by atoms with Gasteiger partial charge >= 0.3 is 5.97 Å². The summed E-state index contributed by atoms with van der Waals surface area (Å²) in [5.74, 6) is -0.468. The van der Waals surface area contributed by atoms with Gasteiger partial charge in [0, 0.05) is 17.1 Å². The van der Waals surface area contributed by atoms with Crippen LogP contribution >= 0.6 is 39.3 Å². The monoisotopic (exact) mass is 361 g/mol. The van der Waals surface area contributed by atoms with E-state index >= 15 is 0 Å². The number of carboxylic acids is 1.